The minimum absolute atomic E-state index is 0.125. The molecule has 1 aromatic rings. The van der Waals surface area contributed by atoms with Crippen LogP contribution < -0.4 is 5.32 Å². The van der Waals surface area contributed by atoms with Gasteiger partial charge in [0.05, 0.1) is 0 Å². The second-order valence-corrected chi connectivity index (χ2v) is 5.82. The van der Waals surface area contributed by atoms with E-state index in [0.717, 1.165) is 0 Å². The van der Waals surface area contributed by atoms with Crippen molar-refractivity contribution in [1.29, 1.82) is 0 Å². The van der Waals surface area contributed by atoms with E-state index in [4.69, 9.17) is 11.6 Å². The maximum Gasteiger partial charge on any atom is 0.326 e. The van der Waals surface area contributed by atoms with Gasteiger partial charge in [-0.05, 0) is 24.0 Å². The van der Waals surface area contributed by atoms with Crippen molar-refractivity contribution in [1.82, 2.24) is 10.3 Å². The van der Waals surface area contributed by atoms with Crippen LogP contribution in [-0.2, 0) is 4.79 Å². The third-order valence-electron chi connectivity index (χ3n) is 3.43. The molecule has 0 bridgehead atoms. The Kier molecular flexibility index (Phi) is 6.15. The van der Waals surface area contributed by atoms with E-state index in [0.29, 0.717) is 17.7 Å². The summed E-state index contributed by atoms with van der Waals surface area (Å²) < 4.78 is 0. The number of hydrogen-bond donors (Lipinski definition) is 2. The number of amides is 1. The first-order chi connectivity index (χ1) is 9.76. The fraction of sp³-hybridized carbons (Fsp3) is 0.533. The number of pyridine rings is 1. The molecule has 0 aliphatic heterocycles. The van der Waals surface area contributed by atoms with Crippen LogP contribution in [0.3, 0.4) is 0 Å². The van der Waals surface area contributed by atoms with Crippen molar-refractivity contribution in [2.24, 2.45) is 5.92 Å². The van der Waals surface area contributed by atoms with Crippen LogP contribution in [0.15, 0.2) is 12.1 Å². The van der Waals surface area contributed by atoms with Gasteiger partial charge in [-0.15, -0.1) is 0 Å². The number of nitrogens with zero attached hydrogens (tertiary/aromatic N) is 1. The number of aromatic nitrogens is 1. The summed E-state index contributed by atoms with van der Waals surface area (Å²) in [6.07, 6.45) is 0.658. The Morgan fingerprint density at radius 3 is 2.43 bits per heavy atom. The average molecular weight is 313 g/mol. The molecule has 21 heavy (non-hydrogen) atoms. The van der Waals surface area contributed by atoms with Gasteiger partial charge >= 0.3 is 5.97 Å². The average Bonchev–Trinajstić information content (AvgIpc) is 2.42. The molecule has 5 nitrogen and oxygen atoms in total. The predicted molar refractivity (Wildman–Crippen MR) is 81.7 cm³/mol. The van der Waals surface area contributed by atoms with Gasteiger partial charge in [-0.2, -0.15) is 0 Å². The summed E-state index contributed by atoms with van der Waals surface area (Å²) in [7, 11) is 0. The number of halogens is 1. The van der Waals surface area contributed by atoms with Crippen molar-refractivity contribution in [3.63, 3.8) is 0 Å². The number of carboxylic acid groups (broad SMARTS) is 1. The fourth-order valence-electron chi connectivity index (χ4n) is 1.85. The lowest BCUT2D eigenvalue weighted by Crippen LogP contribution is -2.45. The van der Waals surface area contributed by atoms with E-state index in [-0.39, 0.29) is 17.0 Å². The number of hydrogen-bond acceptors (Lipinski definition) is 3. The number of carboxylic acids is 1. The molecule has 2 atom stereocenters. The first-order valence-electron chi connectivity index (χ1n) is 6.97. The van der Waals surface area contributed by atoms with Crippen molar-refractivity contribution in [2.45, 2.75) is 46.1 Å². The van der Waals surface area contributed by atoms with Gasteiger partial charge in [0.2, 0.25) is 0 Å². The zero-order valence-corrected chi connectivity index (χ0v) is 13.4. The highest BCUT2D eigenvalue weighted by atomic mass is 35.5. The van der Waals surface area contributed by atoms with Gasteiger partial charge in [-0.3, -0.25) is 4.79 Å². The smallest absolute Gasteiger partial charge is 0.326 e. The SMILES string of the molecule is CCC(C)C(NC(=O)c1cc(Cl)nc(C(C)C)c1)C(=O)O. The molecular formula is C15H21ClN2O3. The molecule has 2 N–H and O–H groups in total. The van der Waals surface area contributed by atoms with Gasteiger partial charge in [0, 0.05) is 11.3 Å². The summed E-state index contributed by atoms with van der Waals surface area (Å²) >= 11 is 5.92. The van der Waals surface area contributed by atoms with Crippen LogP contribution in [0.4, 0.5) is 0 Å². The van der Waals surface area contributed by atoms with Gasteiger partial charge in [0.1, 0.15) is 11.2 Å². The lowest BCUT2D eigenvalue weighted by Gasteiger charge is -2.20. The topological polar surface area (TPSA) is 79.3 Å². The van der Waals surface area contributed by atoms with E-state index in [2.05, 4.69) is 10.3 Å². The van der Waals surface area contributed by atoms with E-state index in [1.54, 1.807) is 13.0 Å². The zero-order valence-electron chi connectivity index (χ0n) is 12.7. The zero-order chi connectivity index (χ0) is 16.2. The molecule has 1 aromatic heterocycles. The summed E-state index contributed by atoms with van der Waals surface area (Å²) in [5.41, 5.74) is 1.02. The van der Waals surface area contributed by atoms with Gasteiger partial charge < -0.3 is 10.4 Å². The Morgan fingerprint density at radius 2 is 1.95 bits per heavy atom. The van der Waals surface area contributed by atoms with Crippen LogP contribution in [0.5, 0.6) is 0 Å². The van der Waals surface area contributed by atoms with Gasteiger partial charge in [-0.25, -0.2) is 9.78 Å². The molecule has 0 aromatic carbocycles. The summed E-state index contributed by atoms with van der Waals surface area (Å²) in [5.74, 6) is -1.52. The molecule has 1 heterocycles. The van der Waals surface area contributed by atoms with Gasteiger partial charge in [0.15, 0.2) is 0 Å². The molecule has 6 heteroatoms. The maximum absolute atomic E-state index is 12.2. The monoisotopic (exact) mass is 312 g/mol. The Balaban J connectivity index is 3.00. The second kappa shape index (κ2) is 7.41. The minimum atomic E-state index is -1.04. The Labute approximate surface area is 129 Å². The first kappa shape index (κ1) is 17.4. The van der Waals surface area contributed by atoms with Crippen molar-refractivity contribution in [3.05, 3.63) is 28.5 Å². The second-order valence-electron chi connectivity index (χ2n) is 5.43. The first-order valence-corrected chi connectivity index (χ1v) is 7.35. The molecule has 0 fully saturated rings. The number of carbonyl (C=O) groups excluding carboxylic acids is 1. The van der Waals surface area contributed by atoms with Crippen molar-refractivity contribution < 1.29 is 14.7 Å². The highest BCUT2D eigenvalue weighted by Crippen LogP contribution is 2.18. The van der Waals surface area contributed by atoms with E-state index < -0.39 is 17.9 Å². The third kappa shape index (κ3) is 4.70. The van der Waals surface area contributed by atoms with Crippen LogP contribution in [0, 0.1) is 5.92 Å². The van der Waals surface area contributed by atoms with E-state index >= 15 is 0 Å². The Morgan fingerprint density at radius 1 is 1.33 bits per heavy atom. The lowest BCUT2D eigenvalue weighted by molar-refractivity contribution is -0.140. The summed E-state index contributed by atoms with van der Waals surface area (Å²) in [4.78, 5) is 27.7. The number of rotatable bonds is 6. The van der Waals surface area contributed by atoms with E-state index in [1.807, 2.05) is 20.8 Å². The highest BCUT2D eigenvalue weighted by Gasteiger charge is 2.26. The molecule has 0 saturated heterocycles. The largest absolute Gasteiger partial charge is 0.480 e. The van der Waals surface area contributed by atoms with Crippen LogP contribution in [-0.4, -0.2) is 28.0 Å². The molecule has 0 aliphatic rings. The Hall–Kier alpha value is -1.62. The predicted octanol–water partition coefficient (Wildman–Crippen LogP) is 3.09. The van der Waals surface area contributed by atoms with E-state index in [1.165, 1.54) is 6.07 Å². The van der Waals surface area contributed by atoms with Crippen molar-refractivity contribution >= 4 is 23.5 Å². The lowest BCUT2D eigenvalue weighted by atomic mass is 9.98. The molecule has 116 valence electrons. The maximum atomic E-state index is 12.2. The van der Waals surface area contributed by atoms with Crippen LogP contribution in [0.2, 0.25) is 5.15 Å². The molecule has 1 amide bonds. The van der Waals surface area contributed by atoms with Crippen molar-refractivity contribution in [2.75, 3.05) is 0 Å². The quantitative estimate of drug-likeness (QED) is 0.791. The van der Waals surface area contributed by atoms with E-state index in [9.17, 15) is 14.7 Å². The minimum Gasteiger partial charge on any atom is -0.480 e. The number of nitrogens with one attached hydrogen (secondary N) is 1. The fourth-order valence-corrected chi connectivity index (χ4v) is 2.07. The Bertz CT molecular complexity index is 532. The van der Waals surface area contributed by atoms with Crippen LogP contribution in [0.1, 0.15) is 56.1 Å². The molecular weight excluding hydrogens is 292 g/mol. The molecule has 2 unspecified atom stereocenters. The number of aliphatic carboxylic acids is 1. The highest BCUT2D eigenvalue weighted by molar-refractivity contribution is 6.29. The summed E-state index contributed by atoms with van der Waals surface area (Å²) in [6, 6.07) is 2.16. The molecule has 0 saturated carbocycles. The number of carbonyl (C=O) groups is 2. The molecule has 0 aliphatic carbocycles. The molecule has 0 spiro atoms. The molecule has 0 radical (unpaired) electrons. The normalized spacial score (nSPS) is 13.8. The summed E-state index contributed by atoms with van der Waals surface area (Å²) in [5, 5.41) is 12.0. The van der Waals surface area contributed by atoms with Crippen LogP contribution in [0.25, 0.3) is 0 Å². The molecule has 1 rings (SSSR count). The standard InChI is InChI=1S/C15H21ClN2O3/c1-5-9(4)13(15(20)21)18-14(19)10-6-11(8(2)3)17-12(16)7-10/h6-9,13H,5H2,1-4H3,(H,18,19)(H,20,21). The third-order valence-corrected chi connectivity index (χ3v) is 3.63. The van der Waals surface area contributed by atoms with Crippen molar-refractivity contribution in [3.8, 4) is 0 Å². The van der Waals surface area contributed by atoms with Gasteiger partial charge in [-0.1, -0.05) is 45.7 Å². The summed E-state index contributed by atoms with van der Waals surface area (Å²) in [6.45, 7) is 7.56. The van der Waals surface area contributed by atoms with Gasteiger partial charge in [0.25, 0.3) is 5.91 Å². The van der Waals surface area contributed by atoms with Crippen LogP contribution >= 0.6 is 11.6 Å².